The van der Waals surface area contributed by atoms with E-state index >= 15 is 0 Å². The summed E-state index contributed by atoms with van der Waals surface area (Å²) < 4.78 is 0. The molecule has 0 aliphatic rings. The summed E-state index contributed by atoms with van der Waals surface area (Å²) in [5.41, 5.74) is 0. The molecule has 0 saturated heterocycles. The number of rotatable bonds is 1. The minimum atomic E-state index is -1.01. The first-order valence-electron chi connectivity index (χ1n) is 2.39. The monoisotopic (exact) mass is 212 g/mol. The molecule has 0 fully saturated rings. The van der Waals surface area contributed by atoms with Crippen molar-refractivity contribution >= 4 is 8.07 Å². The van der Waals surface area contributed by atoms with Gasteiger partial charge in [-0.25, -0.2) is 6.57 Å². The van der Waals surface area contributed by atoms with Crippen molar-refractivity contribution in [2.45, 2.75) is 19.6 Å². The minimum absolute atomic E-state index is 0. The molecule has 0 aliphatic heterocycles. The molecule has 0 unspecified atom stereocenters. The molecule has 0 saturated carbocycles. The second-order valence-corrected chi connectivity index (χ2v) is 8.31. The van der Waals surface area contributed by atoms with Crippen molar-refractivity contribution in [1.82, 2.24) is 0 Å². The Hall–Kier alpha value is 0.356. The van der Waals surface area contributed by atoms with Gasteiger partial charge in [-0.2, -0.15) is 0 Å². The van der Waals surface area contributed by atoms with Gasteiger partial charge in [0.2, 0.25) is 0 Å². The van der Waals surface area contributed by atoms with Crippen molar-refractivity contribution in [1.29, 1.82) is 0 Å². The Labute approximate surface area is 65.7 Å². The van der Waals surface area contributed by atoms with Gasteiger partial charge in [-0.05, 0) is 0 Å². The first-order valence-corrected chi connectivity index (χ1v) is 6.10. The second kappa shape index (κ2) is 4.26. The normalized spacial score (nSPS) is 9.25. The van der Waals surface area contributed by atoms with E-state index in [1.165, 1.54) is 0 Å². The van der Waals surface area contributed by atoms with E-state index in [4.69, 9.17) is 6.57 Å². The third-order valence-electron chi connectivity index (χ3n) is 0.553. The summed E-state index contributed by atoms with van der Waals surface area (Å²) in [6.45, 7) is 13.1. The Morgan fingerprint density at radius 1 is 1.38 bits per heavy atom. The summed E-state index contributed by atoms with van der Waals surface area (Å²) in [4.78, 5) is 3.32. The van der Waals surface area contributed by atoms with E-state index in [0.29, 0.717) is 0 Å². The molecule has 3 heteroatoms. The van der Waals surface area contributed by atoms with Gasteiger partial charge in [0.05, 0.1) is 0 Å². The average Bonchev–Trinajstić information content (AvgIpc) is 1.30. The predicted octanol–water partition coefficient (Wildman–Crippen LogP) is 1.78. The van der Waals surface area contributed by atoms with Gasteiger partial charge in [0, 0.05) is 20.1 Å². The van der Waals surface area contributed by atoms with Gasteiger partial charge in [0.25, 0.3) is 0 Å². The molecule has 0 atom stereocenters. The fourth-order valence-corrected chi connectivity index (χ4v) is 0.712. The zero-order valence-electron chi connectivity index (χ0n) is 5.53. The van der Waals surface area contributed by atoms with E-state index < -0.39 is 8.07 Å². The third-order valence-corrected chi connectivity index (χ3v) is 1.66. The fraction of sp³-hybridized carbons (Fsp3) is 0.800. The number of hydrogen-bond acceptors (Lipinski definition) is 0. The maximum atomic E-state index is 6.52. The van der Waals surface area contributed by atoms with Gasteiger partial charge in [-0.1, -0.05) is 19.6 Å². The van der Waals surface area contributed by atoms with E-state index in [9.17, 15) is 0 Å². The van der Waals surface area contributed by atoms with Crippen LogP contribution in [0.3, 0.4) is 0 Å². The fourth-order valence-electron chi connectivity index (χ4n) is 0.237. The van der Waals surface area contributed by atoms with Crippen molar-refractivity contribution in [3.05, 3.63) is 11.4 Å². The topological polar surface area (TPSA) is 4.36 Å². The van der Waals surface area contributed by atoms with E-state index in [2.05, 4.69) is 24.5 Å². The van der Waals surface area contributed by atoms with Crippen LogP contribution in [-0.2, 0) is 20.1 Å². The SMILES string of the molecule is [99Tc].[C-]#[N+]C[Si](C)(C)C. The molecule has 47 valence electrons. The third kappa shape index (κ3) is 9.61. The first-order chi connectivity index (χ1) is 3.06. The molecular weight excluding hydrogens is 201 g/mol. The van der Waals surface area contributed by atoms with Crippen LogP contribution < -0.4 is 0 Å². The zero-order valence-corrected chi connectivity index (χ0v) is 8.39. The molecule has 0 aromatic rings. The van der Waals surface area contributed by atoms with Crippen LogP contribution in [-0.4, -0.2) is 14.2 Å². The van der Waals surface area contributed by atoms with Gasteiger partial charge in [-0.3, -0.25) is 0 Å². The second-order valence-electron chi connectivity index (χ2n) is 2.88. The van der Waals surface area contributed by atoms with Crippen LogP contribution in [0, 0.1) is 6.57 Å². The van der Waals surface area contributed by atoms with Crippen molar-refractivity contribution < 1.29 is 20.1 Å². The van der Waals surface area contributed by atoms with Crippen molar-refractivity contribution in [3.8, 4) is 0 Å². The van der Waals surface area contributed by atoms with Crippen molar-refractivity contribution in [2.24, 2.45) is 0 Å². The molecule has 0 bridgehead atoms. The molecule has 0 rings (SSSR count). The predicted molar refractivity (Wildman–Crippen MR) is 34.8 cm³/mol. The number of nitrogens with zero attached hydrogens (tertiary/aromatic N) is 1. The quantitative estimate of drug-likeness (QED) is 0.461. The molecule has 0 spiro atoms. The van der Waals surface area contributed by atoms with Crippen LogP contribution in [0.1, 0.15) is 0 Å². The smallest absolute Gasteiger partial charge is 0.194 e. The summed E-state index contributed by atoms with van der Waals surface area (Å²) in [5, 5.41) is 0. The first kappa shape index (κ1) is 11.2. The van der Waals surface area contributed by atoms with E-state index in [-0.39, 0.29) is 20.1 Å². The van der Waals surface area contributed by atoms with Gasteiger partial charge in [0.15, 0.2) is 6.17 Å². The van der Waals surface area contributed by atoms with Crippen molar-refractivity contribution in [3.63, 3.8) is 0 Å². The van der Waals surface area contributed by atoms with E-state index in [0.717, 1.165) is 6.17 Å². The van der Waals surface area contributed by atoms with E-state index in [1.54, 1.807) is 0 Å². The Morgan fingerprint density at radius 3 is 1.75 bits per heavy atom. The van der Waals surface area contributed by atoms with Gasteiger partial charge < -0.3 is 4.85 Å². The molecule has 8 heavy (non-hydrogen) atoms. The average molecular weight is 212 g/mol. The molecule has 1 radical (unpaired) electrons. The van der Waals surface area contributed by atoms with Gasteiger partial charge >= 0.3 is 0 Å². The van der Waals surface area contributed by atoms with Crippen LogP contribution in [0.15, 0.2) is 0 Å². The Balaban J connectivity index is 0. The van der Waals surface area contributed by atoms with Crippen LogP contribution >= 0.6 is 0 Å². The largest absolute Gasteiger partial charge is 0.322 e. The Kier molecular flexibility index (Phi) is 5.95. The molecular formula is C5H11NSiTc. The molecule has 0 heterocycles. The van der Waals surface area contributed by atoms with Gasteiger partial charge in [0.1, 0.15) is 8.07 Å². The summed E-state index contributed by atoms with van der Waals surface area (Å²) >= 11 is 0. The summed E-state index contributed by atoms with van der Waals surface area (Å²) in [6.07, 6.45) is 0.771. The summed E-state index contributed by atoms with van der Waals surface area (Å²) in [5.74, 6) is 0. The Morgan fingerprint density at radius 2 is 1.75 bits per heavy atom. The zero-order chi connectivity index (χ0) is 5.91. The minimum Gasteiger partial charge on any atom is -0.322 e. The summed E-state index contributed by atoms with van der Waals surface area (Å²) in [7, 11) is -1.01. The standard InChI is InChI=1S/C5H11NSi.Tc/c1-6-5-7(2,3)4;/h5H2,2-4H3;/i;1+1. The van der Waals surface area contributed by atoms with Crippen molar-refractivity contribution in [2.75, 3.05) is 6.17 Å². The molecule has 0 aliphatic carbocycles. The molecule has 0 amide bonds. The summed E-state index contributed by atoms with van der Waals surface area (Å²) in [6, 6.07) is 0. The molecule has 0 aromatic carbocycles. The van der Waals surface area contributed by atoms with Crippen LogP contribution in [0.25, 0.3) is 4.85 Å². The van der Waals surface area contributed by atoms with Gasteiger partial charge in [-0.15, -0.1) is 0 Å². The van der Waals surface area contributed by atoms with Crippen LogP contribution in [0.5, 0.6) is 0 Å². The van der Waals surface area contributed by atoms with Crippen LogP contribution in [0.2, 0.25) is 19.6 Å². The Bertz CT molecular complexity index is 89.6. The molecule has 0 aromatic heterocycles. The molecule has 0 N–H and O–H groups in total. The maximum Gasteiger partial charge on any atom is 0.194 e. The van der Waals surface area contributed by atoms with Crippen LogP contribution in [0.4, 0.5) is 0 Å². The molecule has 1 nitrogen and oxygen atoms in total. The maximum absolute atomic E-state index is 6.52. The number of hydrogen-bond donors (Lipinski definition) is 0. The van der Waals surface area contributed by atoms with E-state index in [1.807, 2.05) is 0 Å².